The van der Waals surface area contributed by atoms with Gasteiger partial charge in [0.05, 0.1) is 18.4 Å². The lowest BCUT2D eigenvalue weighted by molar-refractivity contribution is -0.141. The number of benzene rings is 1. The quantitative estimate of drug-likeness (QED) is 0.864. The number of hydrogen-bond donors (Lipinski definition) is 1. The minimum atomic E-state index is -0.380. The van der Waals surface area contributed by atoms with Gasteiger partial charge in [-0.1, -0.05) is 13.0 Å². The first kappa shape index (κ1) is 14.2. The third-order valence-corrected chi connectivity index (χ3v) is 4.68. The number of halogens is 1. The third-order valence-electron chi connectivity index (χ3n) is 4.68. The molecule has 1 saturated carbocycles. The van der Waals surface area contributed by atoms with Crippen molar-refractivity contribution in [2.24, 2.45) is 23.5 Å². The molecule has 1 saturated heterocycles. The van der Waals surface area contributed by atoms with E-state index in [0.29, 0.717) is 11.5 Å². The minimum Gasteiger partial charge on any atom is -0.326 e. The Labute approximate surface area is 123 Å². The third kappa shape index (κ3) is 2.35. The summed E-state index contributed by atoms with van der Waals surface area (Å²) < 4.78 is 13.4. The molecule has 2 amide bonds. The molecular formula is C16H19FN2O2. The van der Waals surface area contributed by atoms with Crippen LogP contribution in [0.1, 0.15) is 30.9 Å². The summed E-state index contributed by atoms with van der Waals surface area (Å²) in [5.41, 5.74) is 7.03. The van der Waals surface area contributed by atoms with Gasteiger partial charge >= 0.3 is 0 Å². The monoisotopic (exact) mass is 290 g/mol. The van der Waals surface area contributed by atoms with Crippen molar-refractivity contribution < 1.29 is 14.0 Å². The zero-order valence-electron chi connectivity index (χ0n) is 12.0. The second kappa shape index (κ2) is 5.22. The van der Waals surface area contributed by atoms with Gasteiger partial charge in [0.25, 0.3) is 0 Å². The van der Waals surface area contributed by atoms with Gasteiger partial charge in [0.15, 0.2) is 0 Å². The molecule has 112 valence electrons. The number of nitrogens with two attached hydrogens (primary N) is 1. The van der Waals surface area contributed by atoms with Gasteiger partial charge in [0.1, 0.15) is 5.82 Å². The fraction of sp³-hybridized carbons (Fsp3) is 0.500. The van der Waals surface area contributed by atoms with Crippen molar-refractivity contribution in [3.8, 4) is 0 Å². The van der Waals surface area contributed by atoms with Crippen LogP contribution in [0.2, 0.25) is 0 Å². The molecule has 3 rings (SSSR count). The van der Waals surface area contributed by atoms with E-state index in [-0.39, 0.29) is 42.6 Å². The summed E-state index contributed by atoms with van der Waals surface area (Å²) in [4.78, 5) is 26.1. The van der Waals surface area contributed by atoms with E-state index in [1.165, 1.54) is 17.0 Å². The second-order valence-electron chi connectivity index (χ2n) is 6.17. The molecule has 1 aliphatic heterocycles. The highest BCUT2D eigenvalue weighted by atomic mass is 19.1. The molecule has 0 spiro atoms. The number of rotatable bonds is 3. The highest BCUT2D eigenvalue weighted by molar-refractivity contribution is 6.05. The Kier molecular flexibility index (Phi) is 3.53. The lowest BCUT2D eigenvalue weighted by Gasteiger charge is -2.18. The number of hydrogen-bond acceptors (Lipinski definition) is 3. The molecule has 0 aromatic heterocycles. The van der Waals surface area contributed by atoms with E-state index < -0.39 is 0 Å². The lowest BCUT2D eigenvalue weighted by Crippen LogP contribution is -2.32. The summed E-state index contributed by atoms with van der Waals surface area (Å²) in [5.74, 6) is -0.535. The molecule has 1 aromatic carbocycles. The largest absolute Gasteiger partial charge is 0.326 e. The van der Waals surface area contributed by atoms with Crippen LogP contribution >= 0.6 is 0 Å². The van der Waals surface area contributed by atoms with E-state index in [1.54, 1.807) is 6.07 Å². The summed E-state index contributed by atoms with van der Waals surface area (Å²) in [7, 11) is 0. The molecule has 2 aliphatic rings. The van der Waals surface area contributed by atoms with Gasteiger partial charge in [-0.3, -0.25) is 14.5 Å². The van der Waals surface area contributed by atoms with E-state index in [2.05, 4.69) is 6.92 Å². The maximum atomic E-state index is 13.4. The SMILES string of the molecule is CC1CC2C(=O)N(Cc3cc(F)ccc3CN)C(=O)C2C1. The number of carbonyl (C=O) groups excluding carboxylic acids is 2. The fourth-order valence-corrected chi connectivity index (χ4v) is 3.61. The molecule has 2 unspecified atom stereocenters. The van der Waals surface area contributed by atoms with Gasteiger partial charge in [-0.2, -0.15) is 0 Å². The van der Waals surface area contributed by atoms with Crippen molar-refractivity contribution in [1.29, 1.82) is 0 Å². The van der Waals surface area contributed by atoms with Gasteiger partial charge in [-0.25, -0.2) is 4.39 Å². The van der Waals surface area contributed by atoms with E-state index in [4.69, 9.17) is 5.73 Å². The second-order valence-corrected chi connectivity index (χ2v) is 6.17. The van der Waals surface area contributed by atoms with Crippen molar-refractivity contribution in [2.75, 3.05) is 0 Å². The van der Waals surface area contributed by atoms with E-state index in [0.717, 1.165) is 18.4 Å². The number of imide groups is 1. The summed E-state index contributed by atoms with van der Waals surface area (Å²) in [6.07, 6.45) is 1.55. The normalized spacial score (nSPS) is 28.3. The molecule has 1 aliphatic carbocycles. The minimum absolute atomic E-state index is 0.110. The molecule has 2 fully saturated rings. The Balaban J connectivity index is 1.85. The van der Waals surface area contributed by atoms with Crippen molar-refractivity contribution in [1.82, 2.24) is 4.90 Å². The summed E-state index contributed by atoms with van der Waals surface area (Å²) in [5, 5.41) is 0. The summed E-state index contributed by atoms with van der Waals surface area (Å²) in [6.45, 7) is 2.46. The Bertz CT molecular complexity index is 578. The van der Waals surface area contributed by atoms with Crippen LogP contribution in [-0.2, 0) is 22.7 Å². The van der Waals surface area contributed by atoms with Crippen LogP contribution in [0.3, 0.4) is 0 Å². The fourth-order valence-electron chi connectivity index (χ4n) is 3.61. The van der Waals surface area contributed by atoms with Gasteiger partial charge < -0.3 is 5.73 Å². The highest BCUT2D eigenvalue weighted by Gasteiger charge is 2.51. The van der Waals surface area contributed by atoms with Crippen LogP contribution in [0.15, 0.2) is 18.2 Å². The van der Waals surface area contributed by atoms with Crippen LogP contribution in [-0.4, -0.2) is 16.7 Å². The van der Waals surface area contributed by atoms with E-state index in [1.807, 2.05) is 0 Å². The average Bonchev–Trinajstić information content (AvgIpc) is 2.93. The number of likely N-dealkylation sites (tertiary alicyclic amines) is 1. The predicted molar refractivity (Wildman–Crippen MR) is 75.2 cm³/mol. The highest BCUT2D eigenvalue weighted by Crippen LogP contribution is 2.43. The maximum Gasteiger partial charge on any atom is 0.233 e. The molecule has 0 radical (unpaired) electrons. The van der Waals surface area contributed by atoms with Crippen LogP contribution in [0, 0.1) is 23.6 Å². The Morgan fingerprint density at radius 2 is 1.81 bits per heavy atom. The molecule has 21 heavy (non-hydrogen) atoms. The smallest absolute Gasteiger partial charge is 0.233 e. The van der Waals surface area contributed by atoms with Gasteiger partial charge in [0, 0.05) is 6.54 Å². The van der Waals surface area contributed by atoms with Gasteiger partial charge in [-0.05, 0) is 42.0 Å². The van der Waals surface area contributed by atoms with Crippen molar-refractivity contribution in [3.05, 3.63) is 35.1 Å². The van der Waals surface area contributed by atoms with Crippen molar-refractivity contribution >= 4 is 11.8 Å². The van der Waals surface area contributed by atoms with E-state index >= 15 is 0 Å². The standard InChI is InChI=1S/C16H19FN2O2/c1-9-4-13-14(5-9)16(21)19(15(13)20)8-11-6-12(17)3-2-10(11)7-18/h2-3,6,9,13-14H,4-5,7-8,18H2,1H3. The lowest BCUT2D eigenvalue weighted by atomic mass is 10.00. The van der Waals surface area contributed by atoms with Crippen LogP contribution in [0.4, 0.5) is 4.39 Å². The first-order valence-electron chi connectivity index (χ1n) is 7.34. The first-order chi connectivity index (χ1) is 10.0. The Morgan fingerprint density at radius 3 is 2.38 bits per heavy atom. The molecule has 5 heteroatoms. The Hall–Kier alpha value is -1.75. The number of amides is 2. The van der Waals surface area contributed by atoms with Crippen LogP contribution < -0.4 is 5.73 Å². The van der Waals surface area contributed by atoms with Crippen molar-refractivity contribution in [2.45, 2.75) is 32.9 Å². The van der Waals surface area contributed by atoms with Crippen LogP contribution in [0.25, 0.3) is 0 Å². The maximum absolute atomic E-state index is 13.4. The molecule has 2 N–H and O–H groups in total. The molecule has 0 bridgehead atoms. The number of carbonyl (C=O) groups is 2. The topological polar surface area (TPSA) is 63.4 Å². The van der Waals surface area contributed by atoms with Gasteiger partial charge in [-0.15, -0.1) is 0 Å². The molecular weight excluding hydrogens is 271 g/mol. The molecule has 1 heterocycles. The van der Waals surface area contributed by atoms with Crippen molar-refractivity contribution in [3.63, 3.8) is 0 Å². The first-order valence-corrected chi connectivity index (χ1v) is 7.34. The zero-order chi connectivity index (χ0) is 15.1. The number of nitrogens with zero attached hydrogens (tertiary/aromatic N) is 1. The summed E-state index contributed by atoms with van der Waals surface area (Å²) in [6, 6.07) is 4.31. The molecule has 1 aromatic rings. The zero-order valence-corrected chi connectivity index (χ0v) is 12.0. The average molecular weight is 290 g/mol. The Morgan fingerprint density at radius 1 is 1.19 bits per heavy atom. The summed E-state index contributed by atoms with van der Waals surface area (Å²) >= 11 is 0. The van der Waals surface area contributed by atoms with Crippen LogP contribution in [0.5, 0.6) is 0 Å². The molecule has 4 nitrogen and oxygen atoms in total. The van der Waals surface area contributed by atoms with Gasteiger partial charge in [0.2, 0.25) is 11.8 Å². The number of fused-ring (bicyclic) bond motifs is 1. The van der Waals surface area contributed by atoms with E-state index in [9.17, 15) is 14.0 Å². The predicted octanol–water partition coefficient (Wildman–Crippen LogP) is 1.82. The molecule has 2 atom stereocenters.